The minimum atomic E-state index is -0.796. The molecule has 0 amide bonds. The second-order valence-corrected chi connectivity index (χ2v) is 5.26. The van der Waals surface area contributed by atoms with E-state index in [4.69, 9.17) is 33.1 Å². The first-order valence-corrected chi connectivity index (χ1v) is 9.65. The monoisotopic (exact) mass is 480 g/mol. The molecule has 0 radical (unpaired) electrons. The van der Waals surface area contributed by atoms with Crippen LogP contribution in [0.3, 0.4) is 0 Å². The molecule has 0 aromatic rings. The smallest absolute Gasteiger partial charge is 0.307 e. The lowest BCUT2D eigenvalue weighted by atomic mass is 10.1. The average molecular weight is 480 g/mol. The lowest BCUT2D eigenvalue weighted by molar-refractivity contribution is -0.141. The third kappa shape index (κ3) is 100. The second kappa shape index (κ2) is 77.7. The molecule has 0 aliphatic carbocycles. The van der Waals surface area contributed by atoms with Gasteiger partial charge in [-0.05, 0) is 45.8 Å². The molecule has 12 N–H and O–H groups in total. The maximum Gasteiger partial charge on any atom is 0.307 e. The topological polar surface area (TPSA) is 188 Å². The van der Waals surface area contributed by atoms with Crippen LogP contribution in [-0.2, 0) is 4.79 Å². The number of carbonyl (C=O) groups is 1. The summed E-state index contributed by atoms with van der Waals surface area (Å²) in [5, 5.41) is 16.8. The summed E-state index contributed by atoms with van der Waals surface area (Å²) in [4.78, 5) is 10.1. The van der Waals surface area contributed by atoms with E-state index in [2.05, 4.69) is 19.6 Å². The van der Waals surface area contributed by atoms with Gasteiger partial charge in [0.25, 0.3) is 0 Å². The van der Waals surface area contributed by atoms with Crippen LogP contribution in [0.15, 0.2) is 0 Å². The predicted molar refractivity (Wildman–Crippen MR) is 154 cm³/mol. The molecule has 2 unspecified atom stereocenters. The SMILES string of the molecule is C.C.C.C.C.C.CCC(CN)C(=O)O.CCC(O)CN.CCCCN.CCCCN.CN. The lowest BCUT2D eigenvalue weighted by Crippen LogP contribution is -2.21. The lowest BCUT2D eigenvalue weighted by Gasteiger charge is -2.02. The molecule has 0 spiro atoms. The van der Waals surface area contributed by atoms with Crippen LogP contribution in [0.25, 0.3) is 0 Å². The van der Waals surface area contributed by atoms with Crippen molar-refractivity contribution in [3.05, 3.63) is 0 Å². The quantitative estimate of drug-likeness (QED) is 0.248. The van der Waals surface area contributed by atoms with Crippen LogP contribution in [0.4, 0.5) is 0 Å². The number of aliphatic hydroxyl groups is 1. The van der Waals surface area contributed by atoms with Gasteiger partial charge in [-0.15, -0.1) is 0 Å². The molecular formula is C24H73N5O3. The van der Waals surface area contributed by atoms with Gasteiger partial charge >= 0.3 is 5.97 Å². The molecule has 0 aliphatic rings. The number of hydrogen-bond acceptors (Lipinski definition) is 7. The molecule has 0 saturated carbocycles. The molecule has 0 heterocycles. The fourth-order valence-electron chi connectivity index (χ4n) is 1.02. The average Bonchev–Trinajstić information content (AvgIpc) is 2.66. The Morgan fingerprint density at radius 2 is 1.00 bits per heavy atom. The summed E-state index contributed by atoms with van der Waals surface area (Å²) in [6, 6.07) is 0. The summed E-state index contributed by atoms with van der Waals surface area (Å²) >= 11 is 0. The van der Waals surface area contributed by atoms with E-state index < -0.39 is 5.97 Å². The van der Waals surface area contributed by atoms with Crippen LogP contribution in [0.1, 0.15) is 111 Å². The number of unbranched alkanes of at least 4 members (excludes halogenated alkanes) is 2. The Kier molecular flexibility index (Phi) is 169. The zero-order valence-corrected chi connectivity index (χ0v) is 17.9. The molecule has 0 fully saturated rings. The normalized spacial score (nSPS) is 8.84. The Morgan fingerprint density at radius 3 is 1.00 bits per heavy atom. The molecule has 0 aliphatic heterocycles. The van der Waals surface area contributed by atoms with Gasteiger partial charge in [-0.3, -0.25) is 4.79 Å². The van der Waals surface area contributed by atoms with Gasteiger partial charge in [0.1, 0.15) is 0 Å². The van der Waals surface area contributed by atoms with E-state index in [-0.39, 0.29) is 63.1 Å². The summed E-state index contributed by atoms with van der Waals surface area (Å²) in [5.41, 5.74) is 24.9. The number of nitrogens with two attached hydrogens (primary N) is 5. The Hall–Kier alpha value is -0.770. The van der Waals surface area contributed by atoms with Crippen molar-refractivity contribution in [3.8, 4) is 0 Å². The number of rotatable bonds is 9. The third-order valence-electron chi connectivity index (χ3n) is 2.99. The first-order chi connectivity index (χ1) is 12.4. The number of carboxylic acids is 1. The molecule has 0 saturated heterocycles. The maximum atomic E-state index is 10.1. The minimum absolute atomic E-state index is 0. The first kappa shape index (κ1) is 69.7. The van der Waals surface area contributed by atoms with E-state index in [1.807, 2.05) is 13.8 Å². The Bertz CT molecular complexity index is 208. The van der Waals surface area contributed by atoms with Gasteiger partial charge in [-0.25, -0.2) is 0 Å². The van der Waals surface area contributed by atoms with Crippen LogP contribution < -0.4 is 28.7 Å². The van der Waals surface area contributed by atoms with Crippen molar-refractivity contribution >= 4 is 5.97 Å². The van der Waals surface area contributed by atoms with Crippen LogP contribution >= 0.6 is 0 Å². The van der Waals surface area contributed by atoms with Gasteiger partial charge in [-0.2, -0.15) is 0 Å². The molecule has 8 heteroatoms. The molecule has 0 bridgehead atoms. The third-order valence-corrected chi connectivity index (χ3v) is 2.99. The van der Waals surface area contributed by atoms with Crippen LogP contribution in [0, 0.1) is 5.92 Å². The van der Waals surface area contributed by atoms with Crippen molar-refractivity contribution in [2.45, 2.75) is 117 Å². The van der Waals surface area contributed by atoms with Crippen LogP contribution in [0.2, 0.25) is 0 Å². The number of aliphatic carboxylic acids is 1. The van der Waals surface area contributed by atoms with Gasteiger partial charge in [0.05, 0.1) is 12.0 Å². The summed E-state index contributed by atoms with van der Waals surface area (Å²) in [7, 11) is 1.50. The van der Waals surface area contributed by atoms with Crippen molar-refractivity contribution < 1.29 is 15.0 Å². The van der Waals surface area contributed by atoms with E-state index in [0.29, 0.717) is 13.0 Å². The highest BCUT2D eigenvalue weighted by Gasteiger charge is 2.10. The molecule has 32 heavy (non-hydrogen) atoms. The maximum absolute atomic E-state index is 10.1. The molecule has 212 valence electrons. The molecule has 8 nitrogen and oxygen atoms in total. The summed E-state index contributed by atoms with van der Waals surface area (Å²) in [6.45, 7) is 10.3. The number of aliphatic hydroxyl groups excluding tert-OH is 1. The van der Waals surface area contributed by atoms with Crippen LogP contribution in [-0.4, -0.2) is 55.5 Å². The fraction of sp³-hybridized carbons (Fsp3) is 0.958. The second-order valence-electron chi connectivity index (χ2n) is 5.26. The fourth-order valence-corrected chi connectivity index (χ4v) is 1.02. The van der Waals surface area contributed by atoms with Crippen molar-refractivity contribution in [1.29, 1.82) is 0 Å². The zero-order valence-electron chi connectivity index (χ0n) is 17.9. The van der Waals surface area contributed by atoms with Crippen molar-refractivity contribution in [2.75, 3.05) is 33.2 Å². The first-order valence-electron chi connectivity index (χ1n) is 9.65. The zero-order chi connectivity index (χ0) is 21.8. The Balaban J connectivity index is -0.0000000190. The molecule has 0 rings (SSSR count). The summed E-state index contributed by atoms with van der Waals surface area (Å²) in [6.07, 6.45) is 5.86. The van der Waals surface area contributed by atoms with E-state index in [0.717, 1.165) is 19.5 Å². The standard InChI is InChI=1S/C5H11NO2.C4H11NO.2C4H11N.CH5N.6CH4/c1-2-4(3-6)5(7)8;1-2-4(6)3-5;2*1-2-3-4-5;1-2;;;;;;/h4H,2-3,6H2,1H3,(H,7,8);4,6H,2-3,5H2,1H3;2*2-5H2,1H3;2H2,1H3;6*1H4. The summed E-state index contributed by atoms with van der Waals surface area (Å²) < 4.78 is 0. The molecule has 0 aromatic heterocycles. The highest BCUT2D eigenvalue weighted by atomic mass is 16.4. The number of carboxylic acid groups (broad SMARTS) is 1. The molecule has 0 aromatic carbocycles. The highest BCUT2D eigenvalue weighted by molar-refractivity contribution is 5.70. The number of hydrogen-bond donors (Lipinski definition) is 7. The molecular weight excluding hydrogens is 406 g/mol. The Labute approximate surface area is 206 Å². The van der Waals surface area contributed by atoms with Crippen molar-refractivity contribution in [1.82, 2.24) is 0 Å². The molecule has 2 atom stereocenters. The van der Waals surface area contributed by atoms with E-state index >= 15 is 0 Å². The summed E-state index contributed by atoms with van der Waals surface area (Å²) in [5.74, 6) is -1.15. The van der Waals surface area contributed by atoms with E-state index in [9.17, 15) is 4.79 Å². The van der Waals surface area contributed by atoms with Gasteiger partial charge < -0.3 is 38.9 Å². The van der Waals surface area contributed by atoms with Gasteiger partial charge in [-0.1, -0.05) is 85.1 Å². The van der Waals surface area contributed by atoms with Gasteiger partial charge in [0, 0.05) is 13.1 Å². The van der Waals surface area contributed by atoms with Crippen LogP contribution in [0.5, 0.6) is 0 Å². The largest absolute Gasteiger partial charge is 0.481 e. The van der Waals surface area contributed by atoms with E-state index in [1.54, 1.807) is 0 Å². The Morgan fingerprint density at radius 1 is 0.688 bits per heavy atom. The van der Waals surface area contributed by atoms with Crippen molar-refractivity contribution in [2.24, 2.45) is 34.6 Å². The predicted octanol–water partition coefficient (Wildman–Crippen LogP) is 4.65. The van der Waals surface area contributed by atoms with E-state index in [1.165, 1.54) is 32.7 Å². The minimum Gasteiger partial charge on any atom is -0.481 e. The highest BCUT2D eigenvalue weighted by Crippen LogP contribution is 1.97. The van der Waals surface area contributed by atoms with Crippen molar-refractivity contribution in [3.63, 3.8) is 0 Å². The van der Waals surface area contributed by atoms with Gasteiger partial charge in [0.15, 0.2) is 0 Å². The van der Waals surface area contributed by atoms with Gasteiger partial charge in [0.2, 0.25) is 0 Å².